The summed E-state index contributed by atoms with van der Waals surface area (Å²) in [5.41, 5.74) is -0.824. The minimum Gasteiger partial charge on any atom is -0.478 e. The normalized spacial score (nSPS) is 11.0. The van der Waals surface area contributed by atoms with Crippen molar-refractivity contribution in [3.8, 4) is 0 Å². The van der Waals surface area contributed by atoms with Gasteiger partial charge in [0.15, 0.2) is 0 Å². The second-order valence-corrected chi connectivity index (χ2v) is 10.0. The number of hydrogen-bond acceptors (Lipinski definition) is 7. The highest BCUT2D eigenvalue weighted by Crippen LogP contribution is 2.22. The number of rotatable bonds is 4. The van der Waals surface area contributed by atoms with Crippen LogP contribution in [0.1, 0.15) is 83.0 Å². The summed E-state index contributed by atoms with van der Waals surface area (Å²) in [6.07, 6.45) is 0. The van der Waals surface area contributed by atoms with E-state index in [1.165, 1.54) is 43.5 Å². The van der Waals surface area contributed by atoms with Gasteiger partial charge >= 0.3 is 23.9 Å². The predicted molar refractivity (Wildman–Crippen MR) is 132 cm³/mol. The van der Waals surface area contributed by atoms with Gasteiger partial charge in [0.2, 0.25) is 0 Å². The average Bonchev–Trinajstić information content (AvgIpc) is 2.71. The maximum Gasteiger partial charge on any atom is 0.340 e. The molecule has 0 saturated carbocycles. The molecule has 10 heteroatoms. The monoisotopic (exact) mass is 526 g/mol. The molecule has 0 saturated heterocycles. The van der Waals surface area contributed by atoms with Crippen LogP contribution in [0, 0.1) is 0 Å². The van der Waals surface area contributed by atoms with E-state index >= 15 is 0 Å². The van der Waals surface area contributed by atoms with Gasteiger partial charge in [0.1, 0.15) is 11.2 Å². The summed E-state index contributed by atoms with van der Waals surface area (Å²) in [4.78, 5) is 45.8. The molecular formula is C25H28Cl2O8. The summed E-state index contributed by atoms with van der Waals surface area (Å²) in [6, 6.07) is 8.22. The third-order valence-corrected chi connectivity index (χ3v) is 4.50. The van der Waals surface area contributed by atoms with Gasteiger partial charge in [-0.25, -0.2) is 19.2 Å². The van der Waals surface area contributed by atoms with E-state index in [9.17, 15) is 19.2 Å². The first-order valence-electron chi connectivity index (χ1n) is 10.3. The maximum absolute atomic E-state index is 11.9. The molecule has 2 aromatic carbocycles. The second-order valence-electron chi connectivity index (χ2n) is 9.19. The molecule has 0 aliphatic heterocycles. The van der Waals surface area contributed by atoms with Crippen LogP contribution in [-0.4, -0.2) is 47.3 Å². The average molecular weight is 527 g/mol. The number of carbonyl (C=O) groups is 4. The van der Waals surface area contributed by atoms with Crippen LogP contribution in [0.25, 0.3) is 0 Å². The van der Waals surface area contributed by atoms with Crippen molar-refractivity contribution in [2.75, 3.05) is 7.11 Å². The summed E-state index contributed by atoms with van der Waals surface area (Å²) in [7, 11) is 1.27. The Labute approximate surface area is 214 Å². The minimum absolute atomic E-state index is 0.00439. The van der Waals surface area contributed by atoms with Gasteiger partial charge in [-0.3, -0.25) is 0 Å². The van der Waals surface area contributed by atoms with Gasteiger partial charge in [-0.05, 0) is 77.9 Å². The zero-order valence-corrected chi connectivity index (χ0v) is 22.0. The van der Waals surface area contributed by atoms with Crippen molar-refractivity contribution in [3.05, 3.63) is 68.7 Å². The van der Waals surface area contributed by atoms with Crippen molar-refractivity contribution < 1.29 is 38.5 Å². The number of hydrogen-bond donors (Lipinski definition) is 1. The number of carbonyl (C=O) groups excluding carboxylic acids is 3. The van der Waals surface area contributed by atoms with Crippen molar-refractivity contribution in [1.82, 2.24) is 0 Å². The first-order chi connectivity index (χ1) is 15.9. The summed E-state index contributed by atoms with van der Waals surface area (Å²) >= 11 is 11.7. The van der Waals surface area contributed by atoms with Crippen molar-refractivity contribution in [2.45, 2.75) is 52.7 Å². The Kier molecular flexibility index (Phi) is 10.3. The zero-order chi connectivity index (χ0) is 27.1. The highest BCUT2D eigenvalue weighted by Gasteiger charge is 2.22. The number of methoxy groups -OCH3 is 1. The lowest BCUT2D eigenvalue weighted by molar-refractivity contribution is 0.00570. The fourth-order valence-corrected chi connectivity index (χ4v) is 2.80. The van der Waals surface area contributed by atoms with E-state index in [1.54, 1.807) is 41.5 Å². The third-order valence-electron chi connectivity index (χ3n) is 3.84. The largest absolute Gasteiger partial charge is 0.478 e. The summed E-state index contributed by atoms with van der Waals surface area (Å²) in [5.74, 6) is -2.85. The molecule has 35 heavy (non-hydrogen) atoms. The van der Waals surface area contributed by atoms with Crippen LogP contribution in [0.2, 0.25) is 10.0 Å². The maximum atomic E-state index is 11.9. The second kappa shape index (κ2) is 12.0. The molecule has 0 aliphatic carbocycles. The van der Waals surface area contributed by atoms with Gasteiger partial charge in [-0.1, -0.05) is 23.2 Å². The molecule has 2 rings (SSSR count). The molecule has 0 aromatic heterocycles. The van der Waals surface area contributed by atoms with Crippen LogP contribution >= 0.6 is 23.2 Å². The number of carboxylic acid groups (broad SMARTS) is 1. The quantitative estimate of drug-likeness (QED) is 0.376. The minimum atomic E-state index is -1.12. The number of aromatic carboxylic acids is 1. The molecule has 1 N–H and O–H groups in total. The van der Waals surface area contributed by atoms with Gasteiger partial charge in [0.25, 0.3) is 0 Å². The topological polar surface area (TPSA) is 116 Å². The summed E-state index contributed by atoms with van der Waals surface area (Å²) in [5, 5.41) is 9.22. The van der Waals surface area contributed by atoms with Gasteiger partial charge in [0, 0.05) is 0 Å². The van der Waals surface area contributed by atoms with Crippen LogP contribution in [0.5, 0.6) is 0 Å². The fraction of sp³-hybridized carbons (Fsp3) is 0.360. The number of ether oxygens (including phenoxy) is 3. The zero-order valence-electron chi connectivity index (χ0n) is 20.5. The van der Waals surface area contributed by atoms with E-state index in [1.807, 2.05) is 0 Å². The molecule has 8 nitrogen and oxygen atoms in total. The molecule has 0 heterocycles. The lowest BCUT2D eigenvalue weighted by Gasteiger charge is -2.20. The smallest absolute Gasteiger partial charge is 0.340 e. The molecule has 2 aromatic rings. The van der Waals surface area contributed by atoms with Crippen LogP contribution < -0.4 is 0 Å². The SMILES string of the molecule is CC(C)(C)OC(=O)c1cc(C(=O)O)ccc1Cl.COC(=O)c1ccc(Cl)c(C(=O)OC(C)(C)C)c1. The Morgan fingerprint density at radius 1 is 0.686 bits per heavy atom. The first-order valence-corrected chi connectivity index (χ1v) is 11.1. The van der Waals surface area contributed by atoms with Crippen LogP contribution in [0.4, 0.5) is 0 Å². The Hall–Kier alpha value is -3.10. The highest BCUT2D eigenvalue weighted by molar-refractivity contribution is 6.34. The van der Waals surface area contributed by atoms with E-state index in [0.29, 0.717) is 0 Å². The molecule has 0 amide bonds. The highest BCUT2D eigenvalue weighted by atomic mass is 35.5. The van der Waals surface area contributed by atoms with Gasteiger partial charge < -0.3 is 19.3 Å². The van der Waals surface area contributed by atoms with Gasteiger partial charge in [-0.15, -0.1) is 0 Å². The molecule has 190 valence electrons. The van der Waals surface area contributed by atoms with Gasteiger partial charge in [0.05, 0.1) is 39.4 Å². The lowest BCUT2D eigenvalue weighted by atomic mass is 10.1. The molecule has 0 fully saturated rings. The van der Waals surface area contributed by atoms with Crippen molar-refractivity contribution in [2.24, 2.45) is 0 Å². The Bertz CT molecular complexity index is 1110. The van der Waals surface area contributed by atoms with E-state index in [4.69, 9.17) is 37.8 Å². The van der Waals surface area contributed by atoms with Crippen molar-refractivity contribution in [3.63, 3.8) is 0 Å². The molecule has 0 radical (unpaired) electrons. The molecular weight excluding hydrogens is 499 g/mol. The first kappa shape index (κ1) is 29.9. The number of carboxylic acids is 1. The molecule has 0 aliphatic rings. The van der Waals surface area contributed by atoms with Gasteiger partial charge in [-0.2, -0.15) is 0 Å². The third kappa shape index (κ3) is 9.96. The van der Waals surface area contributed by atoms with Crippen LogP contribution in [0.15, 0.2) is 36.4 Å². The van der Waals surface area contributed by atoms with Crippen LogP contribution in [0.3, 0.4) is 0 Å². The number of halogens is 2. The molecule has 0 spiro atoms. The molecule has 0 bridgehead atoms. The summed E-state index contributed by atoms with van der Waals surface area (Å²) < 4.78 is 14.9. The van der Waals surface area contributed by atoms with E-state index in [2.05, 4.69) is 4.74 Å². The number of esters is 3. The Morgan fingerprint density at radius 2 is 1.06 bits per heavy atom. The van der Waals surface area contributed by atoms with E-state index in [-0.39, 0.29) is 32.3 Å². The fourth-order valence-electron chi connectivity index (χ4n) is 2.41. The standard InChI is InChI=1S/C13H15ClO4.C12H13ClO4/c1-13(2,3)18-12(16)9-7-8(11(15)17-4)5-6-10(9)14;1-12(2,3)17-11(16)8-6-7(10(14)15)4-5-9(8)13/h5-7H,1-4H3;4-6H,1-3H3,(H,14,15). The van der Waals surface area contributed by atoms with E-state index < -0.39 is 35.1 Å². The van der Waals surface area contributed by atoms with E-state index in [0.717, 1.165) is 0 Å². The lowest BCUT2D eigenvalue weighted by Crippen LogP contribution is -2.24. The predicted octanol–water partition coefficient (Wildman–Crippen LogP) is 6.08. The van der Waals surface area contributed by atoms with Crippen molar-refractivity contribution in [1.29, 1.82) is 0 Å². The molecule has 0 unspecified atom stereocenters. The molecule has 0 atom stereocenters. The Balaban J connectivity index is 0.000000351. The Morgan fingerprint density at radius 3 is 1.40 bits per heavy atom. The summed E-state index contributed by atoms with van der Waals surface area (Å²) in [6.45, 7) is 10.4. The van der Waals surface area contributed by atoms with Crippen LogP contribution in [-0.2, 0) is 14.2 Å². The van der Waals surface area contributed by atoms with Crippen molar-refractivity contribution >= 4 is 47.1 Å². The number of benzene rings is 2.